The first kappa shape index (κ1) is 54.5. The summed E-state index contributed by atoms with van der Waals surface area (Å²) in [5.74, 6) is -2.13. The molecule has 2 heterocycles. The normalized spacial score (nSPS) is 20.0. The molecule has 2 aromatic carbocycles. The van der Waals surface area contributed by atoms with Gasteiger partial charge in [-0.25, -0.2) is 9.59 Å². The van der Waals surface area contributed by atoms with Gasteiger partial charge in [0.15, 0.2) is 0 Å². The quantitative estimate of drug-likeness (QED) is 0.0561. The number of carbonyl (C=O) groups is 6. The van der Waals surface area contributed by atoms with Crippen LogP contribution in [0, 0.1) is 17.8 Å². The van der Waals surface area contributed by atoms with Gasteiger partial charge in [-0.1, -0.05) is 86.7 Å². The molecule has 0 aromatic heterocycles. The third kappa shape index (κ3) is 17.2. The van der Waals surface area contributed by atoms with Gasteiger partial charge in [0.2, 0.25) is 23.6 Å². The van der Waals surface area contributed by atoms with Crippen LogP contribution in [-0.4, -0.2) is 111 Å². The molecule has 5 atom stereocenters. The molecule has 0 bridgehead atoms. The predicted octanol–water partition coefficient (Wildman–Crippen LogP) is 6.95. The lowest BCUT2D eigenvalue weighted by Gasteiger charge is -2.51. The molecule has 0 unspecified atom stereocenters. The van der Waals surface area contributed by atoms with Gasteiger partial charge in [0.1, 0.15) is 30.3 Å². The number of benzene rings is 2. The van der Waals surface area contributed by atoms with Gasteiger partial charge in [-0.3, -0.25) is 19.2 Å². The largest absolute Gasteiger partial charge is 0.445 e. The minimum Gasteiger partial charge on any atom is -0.445 e. The number of piperidine rings is 1. The number of rotatable bonds is 21. The van der Waals surface area contributed by atoms with Crippen molar-refractivity contribution in [1.82, 2.24) is 36.5 Å². The van der Waals surface area contributed by atoms with Crippen LogP contribution in [0.15, 0.2) is 72.8 Å². The third-order valence-electron chi connectivity index (χ3n) is 12.9. The molecule has 5 rings (SSSR count). The number of alkyl carbamates (subject to hydrolysis) is 2. The van der Waals surface area contributed by atoms with Crippen molar-refractivity contribution in [2.24, 2.45) is 17.8 Å². The highest BCUT2D eigenvalue weighted by molar-refractivity contribution is 5.95. The lowest BCUT2D eigenvalue weighted by Crippen LogP contribution is -2.64. The van der Waals surface area contributed by atoms with E-state index < -0.39 is 76.7 Å². The van der Waals surface area contributed by atoms with Crippen LogP contribution in [0.4, 0.5) is 9.59 Å². The second-order valence-corrected chi connectivity index (χ2v) is 21.8. The van der Waals surface area contributed by atoms with Crippen LogP contribution in [0.3, 0.4) is 0 Å². The van der Waals surface area contributed by atoms with Crippen LogP contribution in [-0.2, 0) is 41.7 Å². The van der Waals surface area contributed by atoms with E-state index in [0.717, 1.165) is 11.1 Å². The Morgan fingerprint density at radius 1 is 0.812 bits per heavy atom. The van der Waals surface area contributed by atoms with Gasteiger partial charge in [-0.05, 0) is 136 Å². The summed E-state index contributed by atoms with van der Waals surface area (Å²) in [6, 6.07) is 15.5. The summed E-state index contributed by atoms with van der Waals surface area (Å²) in [7, 11) is 0. The van der Waals surface area contributed by atoms with Gasteiger partial charge >= 0.3 is 12.2 Å². The second-order valence-electron chi connectivity index (χ2n) is 21.8. The molecular weight excluding hydrogens is 879 g/mol. The van der Waals surface area contributed by atoms with Crippen LogP contribution in [0.5, 0.6) is 0 Å². The van der Waals surface area contributed by atoms with Crippen molar-refractivity contribution in [2.45, 2.75) is 180 Å². The molecule has 0 spiro atoms. The first-order chi connectivity index (χ1) is 32.5. The third-order valence-corrected chi connectivity index (χ3v) is 12.9. The number of ether oxygens (including phenoxy) is 2. The molecular formula is C53H79N7O9. The van der Waals surface area contributed by atoms with Crippen LogP contribution in [0.25, 0.3) is 0 Å². The Bertz CT molecular complexity index is 2050. The molecule has 16 heteroatoms. The highest BCUT2D eigenvalue weighted by Crippen LogP contribution is 2.37. The number of hydrogen-bond acceptors (Lipinski definition) is 10. The predicted molar refractivity (Wildman–Crippen MR) is 264 cm³/mol. The molecule has 1 saturated carbocycles. The summed E-state index contributed by atoms with van der Waals surface area (Å²) in [5.41, 5.74) is -0.165. The average Bonchev–Trinajstić information content (AvgIpc) is 3.99. The first-order valence-electron chi connectivity index (χ1n) is 24.9. The van der Waals surface area contributed by atoms with Crippen molar-refractivity contribution in [3.05, 3.63) is 83.9 Å². The van der Waals surface area contributed by atoms with Gasteiger partial charge in [-0.15, -0.1) is 0 Å². The van der Waals surface area contributed by atoms with Crippen molar-refractivity contribution in [3.63, 3.8) is 0 Å². The summed E-state index contributed by atoms with van der Waals surface area (Å²) in [4.78, 5) is 84.5. The molecule has 2 saturated heterocycles. The van der Waals surface area contributed by atoms with E-state index in [1.165, 1.54) is 5.06 Å². The van der Waals surface area contributed by atoms with Crippen molar-refractivity contribution in [1.29, 1.82) is 0 Å². The van der Waals surface area contributed by atoms with E-state index in [0.29, 0.717) is 64.3 Å². The molecule has 6 amide bonds. The van der Waals surface area contributed by atoms with E-state index in [1.54, 1.807) is 25.7 Å². The van der Waals surface area contributed by atoms with Gasteiger partial charge in [0.05, 0.1) is 12.0 Å². The Labute approximate surface area is 409 Å². The van der Waals surface area contributed by atoms with Crippen molar-refractivity contribution in [2.75, 3.05) is 13.1 Å². The van der Waals surface area contributed by atoms with E-state index in [2.05, 4.69) is 40.4 Å². The summed E-state index contributed by atoms with van der Waals surface area (Å²) < 4.78 is 10.9. The molecule has 3 aliphatic rings. The topological polar surface area (TPSA) is 208 Å². The summed E-state index contributed by atoms with van der Waals surface area (Å²) in [6.45, 7) is 17.8. The van der Waals surface area contributed by atoms with Gasteiger partial charge in [0.25, 0.3) is 0 Å². The first-order valence-corrected chi connectivity index (χ1v) is 24.9. The Balaban J connectivity index is 1.29. The molecule has 0 radical (unpaired) electrons. The fourth-order valence-corrected chi connectivity index (χ4v) is 9.59. The number of nitrogens with one attached hydrogen (secondary N) is 5. The minimum absolute atomic E-state index is 0.105. The molecule has 16 nitrogen and oxygen atoms in total. The van der Waals surface area contributed by atoms with Gasteiger partial charge in [0, 0.05) is 30.2 Å². The average molecular weight is 958 g/mol. The fraction of sp³-hybridized carbons (Fsp3) is 0.623. The van der Waals surface area contributed by atoms with Crippen molar-refractivity contribution >= 4 is 35.8 Å². The Morgan fingerprint density at radius 2 is 1.43 bits per heavy atom. The molecule has 380 valence electrons. The number of hydrogen-bond donors (Lipinski definition) is 6. The minimum atomic E-state index is -1.00. The van der Waals surface area contributed by atoms with Crippen LogP contribution < -0.4 is 26.6 Å². The maximum Gasteiger partial charge on any atom is 0.408 e. The van der Waals surface area contributed by atoms with Crippen molar-refractivity contribution in [3.8, 4) is 0 Å². The standard InChI is InChI=1S/C53H79N7O9/c1-35(2)30-40(56-50(66)69-51(3,4)5)27-26-39(31-36-18-12-10-13-19-36)48(64)59-29-17-23-43(59)46(62)58-44(38-24-25-38)47(63)57-42(22-16-28-54-49(65)68-34-37-20-14-11-15-21-37)45(61)55-41-32-52(6,7)60(67)53(8,9)33-41/h10-15,18-21,26-27,35,38-44,67H,16-17,22-25,28-34H2,1-9H3,(H,54,65)(H,55,61)(H,56,66)(H,57,63)(H,58,62)/b27-26+/t39-,40+,42-,43-,44-/m0/s1. The maximum atomic E-state index is 14.6. The molecule has 69 heavy (non-hydrogen) atoms. The zero-order chi connectivity index (χ0) is 50.5. The Hall–Kier alpha value is -5.48. The van der Waals surface area contributed by atoms with Crippen LogP contribution >= 0.6 is 0 Å². The number of hydroxylamine groups is 2. The van der Waals surface area contributed by atoms with Gasteiger partial charge in [-0.2, -0.15) is 5.06 Å². The van der Waals surface area contributed by atoms with Crippen molar-refractivity contribution < 1.29 is 43.4 Å². The summed E-state index contributed by atoms with van der Waals surface area (Å²) in [5, 5.41) is 27.0. The highest BCUT2D eigenvalue weighted by atomic mass is 16.6. The summed E-state index contributed by atoms with van der Waals surface area (Å²) in [6.07, 6.45) is 7.40. The zero-order valence-electron chi connectivity index (χ0n) is 42.3. The highest BCUT2D eigenvalue weighted by Gasteiger charge is 2.47. The lowest BCUT2D eigenvalue weighted by atomic mass is 9.79. The lowest BCUT2D eigenvalue weighted by molar-refractivity contribution is -0.246. The molecule has 2 aromatic rings. The molecule has 3 fully saturated rings. The van der Waals surface area contributed by atoms with E-state index in [1.807, 2.05) is 101 Å². The smallest absolute Gasteiger partial charge is 0.408 e. The van der Waals surface area contributed by atoms with Crippen LogP contribution in [0.1, 0.15) is 131 Å². The van der Waals surface area contributed by atoms with Gasteiger partial charge < -0.3 is 46.2 Å². The summed E-state index contributed by atoms with van der Waals surface area (Å²) >= 11 is 0. The fourth-order valence-electron chi connectivity index (χ4n) is 9.59. The number of likely N-dealkylation sites (tertiary alicyclic amines) is 1. The number of amides is 6. The van der Waals surface area contributed by atoms with Crippen LogP contribution in [0.2, 0.25) is 0 Å². The molecule has 6 N–H and O–H groups in total. The molecule has 1 aliphatic carbocycles. The van der Waals surface area contributed by atoms with E-state index in [9.17, 15) is 34.0 Å². The SMILES string of the molecule is CC(C)C[C@@H](/C=C/[C@@H](Cc1ccccc1)C(=O)N1CCC[C@H]1C(=O)N[C@H](C(=O)N[C@@H](CCCNC(=O)OCc1ccccc1)C(=O)NC1CC(C)(C)N(O)C(C)(C)C1)C1CC1)NC(=O)OC(C)(C)C. The molecule has 2 aliphatic heterocycles. The number of carbonyl (C=O) groups excluding carboxylic acids is 6. The monoisotopic (exact) mass is 958 g/mol. The Kier molecular flexibility index (Phi) is 19.2. The van der Waals surface area contributed by atoms with E-state index >= 15 is 0 Å². The van der Waals surface area contributed by atoms with E-state index in [4.69, 9.17) is 9.47 Å². The Morgan fingerprint density at radius 3 is 2.03 bits per heavy atom. The second kappa shape index (κ2) is 24.4. The van der Waals surface area contributed by atoms with E-state index in [-0.39, 0.29) is 43.4 Å². The number of nitrogens with zero attached hydrogens (tertiary/aromatic N) is 2. The zero-order valence-corrected chi connectivity index (χ0v) is 42.3. The maximum absolute atomic E-state index is 14.6.